The molecule has 1 aliphatic carbocycles. The zero-order chi connectivity index (χ0) is 23.2. The third-order valence-electron chi connectivity index (χ3n) is 6.39. The average molecular weight is 465 g/mol. The third-order valence-corrected chi connectivity index (χ3v) is 7.18. The molecule has 0 atom stereocenters. The van der Waals surface area contributed by atoms with E-state index in [9.17, 15) is 15.0 Å². The lowest BCUT2D eigenvalue weighted by Crippen LogP contribution is -2.37. The molecule has 4 heterocycles. The summed E-state index contributed by atoms with van der Waals surface area (Å²) >= 11 is 1.52. The summed E-state index contributed by atoms with van der Waals surface area (Å²) in [5.74, 6) is 0.0340. The number of aliphatic hydroxyl groups is 2. The van der Waals surface area contributed by atoms with Gasteiger partial charge in [-0.05, 0) is 38.7 Å². The lowest BCUT2D eigenvalue weighted by atomic mass is 9.77. The second-order valence-electron chi connectivity index (χ2n) is 8.53. The van der Waals surface area contributed by atoms with E-state index in [1.165, 1.54) is 22.8 Å². The van der Waals surface area contributed by atoms with E-state index in [1.54, 1.807) is 18.6 Å². The number of fused-ring (bicyclic) bond motifs is 1. The van der Waals surface area contributed by atoms with Gasteiger partial charge in [0.25, 0.3) is 0 Å². The molecule has 0 radical (unpaired) electrons. The van der Waals surface area contributed by atoms with Crippen molar-refractivity contribution >= 4 is 28.6 Å². The van der Waals surface area contributed by atoms with Crippen LogP contribution in [0.25, 0.3) is 27.5 Å². The van der Waals surface area contributed by atoms with Crippen molar-refractivity contribution < 1.29 is 15.0 Å². The number of hydrogen-bond acceptors (Lipinski definition) is 9. The van der Waals surface area contributed by atoms with Gasteiger partial charge in [-0.15, -0.1) is 11.3 Å². The van der Waals surface area contributed by atoms with Crippen molar-refractivity contribution in [1.82, 2.24) is 24.6 Å². The molecule has 170 valence electrons. The van der Waals surface area contributed by atoms with Crippen LogP contribution in [-0.4, -0.2) is 52.8 Å². The molecule has 10 heteroatoms. The van der Waals surface area contributed by atoms with E-state index < -0.39 is 5.60 Å². The highest BCUT2D eigenvalue weighted by atomic mass is 32.1. The largest absolute Gasteiger partial charge is 0.393 e. The molecule has 33 heavy (non-hydrogen) atoms. The number of nitrogens with two attached hydrogens (primary N) is 1. The number of hydrogen-bond donors (Lipinski definition) is 3. The number of aliphatic hydroxyl groups excluding tert-OH is 1. The van der Waals surface area contributed by atoms with E-state index >= 15 is 0 Å². The first-order valence-electron chi connectivity index (χ1n) is 10.8. The van der Waals surface area contributed by atoms with E-state index in [0.29, 0.717) is 42.6 Å². The number of carbonyl (C=O) groups is 1. The van der Waals surface area contributed by atoms with Gasteiger partial charge in [-0.25, -0.2) is 9.97 Å². The second kappa shape index (κ2) is 8.29. The van der Waals surface area contributed by atoms with Gasteiger partial charge in [-0.2, -0.15) is 9.61 Å². The number of pyridine rings is 1. The predicted molar refractivity (Wildman–Crippen MR) is 125 cm³/mol. The predicted octanol–water partition coefficient (Wildman–Crippen LogP) is 3.08. The van der Waals surface area contributed by atoms with Gasteiger partial charge in [-0.1, -0.05) is 6.07 Å². The smallest absolute Gasteiger partial charge is 0.165 e. The van der Waals surface area contributed by atoms with Gasteiger partial charge in [0.15, 0.2) is 11.4 Å². The minimum absolute atomic E-state index is 0.0452. The van der Waals surface area contributed by atoms with E-state index in [2.05, 4.69) is 15.1 Å². The molecule has 1 fully saturated rings. The number of Topliss-reactive ketones (excluding diaryl/α,β-unsaturated/α-hetero) is 1. The van der Waals surface area contributed by atoms with Crippen LogP contribution in [0.4, 0.5) is 5.82 Å². The second-order valence-corrected chi connectivity index (χ2v) is 9.43. The SMILES string of the molecule is CC(=O)c1c(C2CCC(O)(CO)CC2)nc2c(-c3ccc(-c4nccs4)nc3)cnn2c1N. The lowest BCUT2D eigenvalue weighted by molar-refractivity contribution is -0.0458. The number of carbonyl (C=O) groups excluding carboxylic acids is 1. The first-order chi connectivity index (χ1) is 15.9. The molecule has 0 amide bonds. The van der Waals surface area contributed by atoms with E-state index in [0.717, 1.165) is 21.8 Å². The normalized spacial score (nSPS) is 20.9. The van der Waals surface area contributed by atoms with Crippen LogP contribution < -0.4 is 5.73 Å². The van der Waals surface area contributed by atoms with Crippen LogP contribution in [0.5, 0.6) is 0 Å². The number of nitrogens with zero attached hydrogens (tertiary/aromatic N) is 5. The van der Waals surface area contributed by atoms with Crippen LogP contribution in [0.15, 0.2) is 36.1 Å². The standard InChI is InChI=1S/C23H24N6O3S/c1-13(31)18-19(14-4-6-23(32,12-30)7-5-14)28-21-16(11-27-29(21)20(18)24)15-2-3-17(26-10-15)22-25-8-9-33-22/h2-3,8-11,14,30,32H,4-7,12,24H2,1H3. The number of anilines is 1. The molecule has 0 bridgehead atoms. The summed E-state index contributed by atoms with van der Waals surface area (Å²) in [5, 5.41) is 27.1. The Morgan fingerprint density at radius 3 is 2.67 bits per heavy atom. The van der Waals surface area contributed by atoms with E-state index in [4.69, 9.17) is 10.7 Å². The van der Waals surface area contributed by atoms with Gasteiger partial charge < -0.3 is 15.9 Å². The average Bonchev–Trinajstić information content (AvgIpc) is 3.50. The highest BCUT2D eigenvalue weighted by Crippen LogP contribution is 2.40. The summed E-state index contributed by atoms with van der Waals surface area (Å²) in [5.41, 5.74) is 9.27. The van der Waals surface area contributed by atoms with E-state index in [1.807, 2.05) is 17.5 Å². The van der Waals surface area contributed by atoms with Crippen molar-refractivity contribution in [2.45, 2.75) is 44.1 Å². The summed E-state index contributed by atoms with van der Waals surface area (Å²) in [6, 6.07) is 3.85. The topological polar surface area (TPSA) is 140 Å². The van der Waals surface area contributed by atoms with Gasteiger partial charge in [0.1, 0.15) is 10.8 Å². The van der Waals surface area contributed by atoms with Crippen LogP contribution in [0, 0.1) is 0 Å². The summed E-state index contributed by atoms with van der Waals surface area (Å²) < 4.78 is 1.50. The zero-order valence-electron chi connectivity index (χ0n) is 18.1. The first-order valence-corrected chi connectivity index (χ1v) is 11.7. The molecule has 0 unspecified atom stereocenters. The molecular formula is C23H24N6O3S. The Morgan fingerprint density at radius 1 is 1.27 bits per heavy atom. The fourth-order valence-electron chi connectivity index (χ4n) is 4.51. The molecule has 5 rings (SSSR count). The Morgan fingerprint density at radius 2 is 2.06 bits per heavy atom. The summed E-state index contributed by atoms with van der Waals surface area (Å²) in [7, 11) is 0. The number of nitrogen functional groups attached to an aromatic ring is 1. The van der Waals surface area contributed by atoms with Gasteiger partial charge in [0, 0.05) is 34.8 Å². The Balaban J connectivity index is 1.58. The van der Waals surface area contributed by atoms with Crippen molar-refractivity contribution in [1.29, 1.82) is 0 Å². The first kappa shape index (κ1) is 21.6. The van der Waals surface area contributed by atoms with E-state index in [-0.39, 0.29) is 24.1 Å². The highest BCUT2D eigenvalue weighted by molar-refractivity contribution is 7.13. The molecule has 0 spiro atoms. The summed E-state index contributed by atoms with van der Waals surface area (Å²) in [4.78, 5) is 26.2. The minimum Gasteiger partial charge on any atom is -0.393 e. The van der Waals surface area contributed by atoms with Crippen LogP contribution >= 0.6 is 11.3 Å². The molecule has 4 aromatic heterocycles. The maximum absolute atomic E-state index is 12.5. The zero-order valence-corrected chi connectivity index (χ0v) is 18.9. The molecule has 0 saturated heterocycles. The lowest BCUT2D eigenvalue weighted by Gasteiger charge is -2.34. The van der Waals surface area contributed by atoms with Crippen molar-refractivity contribution in [3.8, 4) is 21.8 Å². The van der Waals surface area contributed by atoms with Crippen LogP contribution in [0.2, 0.25) is 0 Å². The summed E-state index contributed by atoms with van der Waals surface area (Å²) in [6.07, 6.45) is 7.26. The Hall–Kier alpha value is -3.21. The molecule has 0 aromatic carbocycles. The third kappa shape index (κ3) is 3.79. The summed E-state index contributed by atoms with van der Waals surface area (Å²) in [6.45, 7) is 1.20. The Bertz CT molecular complexity index is 1310. The maximum atomic E-state index is 12.5. The van der Waals surface area contributed by atoms with Gasteiger partial charge in [0.2, 0.25) is 0 Å². The number of thiazole rings is 1. The van der Waals surface area contributed by atoms with Gasteiger partial charge in [0.05, 0.1) is 35.4 Å². The van der Waals surface area contributed by atoms with Crippen molar-refractivity contribution in [3.05, 3.63) is 47.4 Å². The fraction of sp³-hybridized carbons (Fsp3) is 0.348. The molecule has 4 aromatic rings. The minimum atomic E-state index is -1.07. The number of aromatic nitrogens is 5. The molecule has 4 N–H and O–H groups in total. The molecule has 1 aliphatic rings. The number of ketones is 1. The molecular weight excluding hydrogens is 440 g/mol. The van der Waals surface area contributed by atoms with Crippen LogP contribution in [0.1, 0.15) is 54.6 Å². The number of rotatable bonds is 5. The van der Waals surface area contributed by atoms with Crippen LogP contribution in [0.3, 0.4) is 0 Å². The Labute approximate surface area is 194 Å². The van der Waals surface area contributed by atoms with Crippen LogP contribution in [-0.2, 0) is 0 Å². The van der Waals surface area contributed by atoms with Crippen molar-refractivity contribution in [2.24, 2.45) is 0 Å². The molecule has 1 saturated carbocycles. The maximum Gasteiger partial charge on any atom is 0.165 e. The quantitative estimate of drug-likeness (QED) is 0.383. The highest BCUT2D eigenvalue weighted by Gasteiger charge is 2.35. The molecule has 9 nitrogen and oxygen atoms in total. The monoisotopic (exact) mass is 464 g/mol. The van der Waals surface area contributed by atoms with Crippen molar-refractivity contribution in [2.75, 3.05) is 12.3 Å². The Kier molecular flexibility index (Phi) is 5.43. The fourth-order valence-corrected chi connectivity index (χ4v) is 5.12. The van der Waals surface area contributed by atoms with Crippen molar-refractivity contribution in [3.63, 3.8) is 0 Å². The van der Waals surface area contributed by atoms with Gasteiger partial charge >= 0.3 is 0 Å². The van der Waals surface area contributed by atoms with Gasteiger partial charge in [-0.3, -0.25) is 9.78 Å². The molecule has 0 aliphatic heterocycles.